The minimum atomic E-state index is -1.14. The minimum absolute atomic E-state index is 0.175. The van der Waals surface area contributed by atoms with Gasteiger partial charge in [0.2, 0.25) is 0 Å². The number of benzene rings is 1. The number of carbonyl (C=O) groups excluding carboxylic acids is 2. The molecule has 0 radical (unpaired) electrons. The zero-order valence-electron chi connectivity index (χ0n) is 13.6. The molecule has 0 spiro atoms. The molecule has 140 valence electrons. The van der Waals surface area contributed by atoms with Gasteiger partial charge in [-0.25, -0.2) is 5.84 Å². The number of carboxylic acids is 1. The summed E-state index contributed by atoms with van der Waals surface area (Å²) in [6, 6.07) is 3.81. The molecule has 11 heteroatoms. The standard InChI is InChI=1S/C15H18N4O7/c16-18-14(21)13(20)17-11-6-5-10(7-12(11)19(24)25)26-9-3-1-8(2-4-9)15(22)23/h5-9H,1-4,16H2,(H,17,20)(H,18,21)(H,22,23). The predicted molar refractivity (Wildman–Crippen MR) is 88.1 cm³/mol. The van der Waals surface area contributed by atoms with Crippen LogP contribution in [0.1, 0.15) is 25.7 Å². The Balaban J connectivity index is 2.08. The highest BCUT2D eigenvalue weighted by molar-refractivity contribution is 6.39. The number of nitrogens with two attached hydrogens (primary N) is 1. The topological polar surface area (TPSA) is 174 Å². The van der Waals surface area contributed by atoms with Gasteiger partial charge in [-0.1, -0.05) is 0 Å². The van der Waals surface area contributed by atoms with E-state index in [9.17, 15) is 24.5 Å². The molecule has 26 heavy (non-hydrogen) atoms. The van der Waals surface area contributed by atoms with Gasteiger partial charge in [-0.05, 0) is 37.8 Å². The average Bonchev–Trinajstić information content (AvgIpc) is 2.62. The number of rotatable bonds is 5. The molecule has 1 aromatic carbocycles. The summed E-state index contributed by atoms with van der Waals surface area (Å²) in [5.41, 5.74) is 1.00. The average molecular weight is 366 g/mol. The first-order valence-electron chi connectivity index (χ1n) is 7.81. The van der Waals surface area contributed by atoms with Crippen LogP contribution in [0.5, 0.6) is 5.75 Å². The van der Waals surface area contributed by atoms with E-state index in [0.29, 0.717) is 25.7 Å². The number of ether oxygens (including phenoxy) is 1. The van der Waals surface area contributed by atoms with Crippen molar-refractivity contribution in [2.45, 2.75) is 31.8 Å². The molecule has 2 rings (SSSR count). The molecule has 0 heterocycles. The van der Waals surface area contributed by atoms with Crippen LogP contribution in [-0.4, -0.2) is 33.9 Å². The first-order chi connectivity index (χ1) is 12.3. The number of hydrogen-bond donors (Lipinski definition) is 4. The van der Waals surface area contributed by atoms with E-state index in [1.54, 1.807) is 5.43 Å². The van der Waals surface area contributed by atoms with E-state index in [0.717, 1.165) is 6.07 Å². The van der Waals surface area contributed by atoms with E-state index in [1.807, 2.05) is 0 Å². The van der Waals surface area contributed by atoms with Crippen LogP contribution in [0.25, 0.3) is 0 Å². The maximum absolute atomic E-state index is 11.5. The molecule has 2 amide bonds. The summed E-state index contributed by atoms with van der Waals surface area (Å²) in [7, 11) is 0. The van der Waals surface area contributed by atoms with Crippen molar-refractivity contribution in [1.29, 1.82) is 0 Å². The van der Waals surface area contributed by atoms with Crippen LogP contribution in [0.3, 0.4) is 0 Å². The number of carboxylic acid groups (broad SMARTS) is 1. The summed E-state index contributed by atoms with van der Waals surface area (Å²) < 4.78 is 5.69. The number of aliphatic carboxylic acids is 1. The second-order valence-electron chi connectivity index (χ2n) is 5.79. The summed E-state index contributed by atoms with van der Waals surface area (Å²) in [6.07, 6.45) is 1.77. The normalized spacial score (nSPS) is 19.3. The van der Waals surface area contributed by atoms with E-state index < -0.39 is 34.3 Å². The molecule has 1 fully saturated rings. The molecule has 1 saturated carbocycles. The number of nitro groups is 1. The van der Waals surface area contributed by atoms with Crippen LogP contribution in [0.4, 0.5) is 11.4 Å². The van der Waals surface area contributed by atoms with Gasteiger partial charge >= 0.3 is 17.8 Å². The van der Waals surface area contributed by atoms with Crippen molar-refractivity contribution in [3.63, 3.8) is 0 Å². The van der Waals surface area contributed by atoms with Gasteiger partial charge < -0.3 is 15.2 Å². The minimum Gasteiger partial charge on any atom is -0.490 e. The van der Waals surface area contributed by atoms with Crippen molar-refractivity contribution < 1.29 is 29.2 Å². The fourth-order valence-electron chi connectivity index (χ4n) is 2.71. The van der Waals surface area contributed by atoms with E-state index in [4.69, 9.17) is 15.7 Å². The molecule has 11 nitrogen and oxygen atoms in total. The maximum atomic E-state index is 11.5. The van der Waals surface area contributed by atoms with Crippen molar-refractivity contribution in [2.24, 2.45) is 11.8 Å². The zero-order chi connectivity index (χ0) is 19.3. The lowest BCUT2D eigenvalue weighted by atomic mass is 9.87. The lowest BCUT2D eigenvalue weighted by Crippen LogP contribution is -2.39. The Morgan fingerprint density at radius 3 is 2.38 bits per heavy atom. The smallest absolute Gasteiger partial charge is 0.323 e. The highest BCUT2D eigenvalue weighted by Crippen LogP contribution is 2.32. The highest BCUT2D eigenvalue weighted by Gasteiger charge is 2.27. The van der Waals surface area contributed by atoms with Gasteiger partial charge in [0.05, 0.1) is 23.0 Å². The molecule has 0 aliphatic heterocycles. The van der Waals surface area contributed by atoms with Crippen molar-refractivity contribution in [3.05, 3.63) is 28.3 Å². The molecular formula is C15H18N4O7. The Morgan fingerprint density at radius 2 is 1.85 bits per heavy atom. The highest BCUT2D eigenvalue weighted by atomic mass is 16.6. The molecule has 1 aromatic rings. The van der Waals surface area contributed by atoms with Crippen LogP contribution in [0.15, 0.2) is 18.2 Å². The molecule has 0 atom stereocenters. The zero-order valence-corrected chi connectivity index (χ0v) is 13.6. The molecule has 1 aliphatic carbocycles. The molecule has 0 bridgehead atoms. The largest absolute Gasteiger partial charge is 0.490 e. The molecule has 1 aliphatic rings. The van der Waals surface area contributed by atoms with Gasteiger partial charge in [0.15, 0.2) is 0 Å². The van der Waals surface area contributed by atoms with Crippen molar-refractivity contribution in [2.75, 3.05) is 5.32 Å². The van der Waals surface area contributed by atoms with Crippen LogP contribution in [0.2, 0.25) is 0 Å². The number of nitrogens with one attached hydrogen (secondary N) is 2. The Morgan fingerprint density at radius 1 is 1.19 bits per heavy atom. The van der Waals surface area contributed by atoms with Crippen molar-refractivity contribution >= 4 is 29.2 Å². The third-order valence-corrected chi connectivity index (χ3v) is 4.08. The first kappa shape index (κ1) is 19.1. The van der Waals surface area contributed by atoms with Gasteiger partial charge in [0.25, 0.3) is 5.69 Å². The van der Waals surface area contributed by atoms with Crippen LogP contribution < -0.4 is 21.3 Å². The molecule has 0 unspecified atom stereocenters. The summed E-state index contributed by atoms with van der Waals surface area (Å²) in [4.78, 5) is 44.1. The summed E-state index contributed by atoms with van der Waals surface area (Å²) >= 11 is 0. The van der Waals surface area contributed by atoms with Crippen LogP contribution in [0, 0.1) is 16.0 Å². The Bertz CT molecular complexity index is 729. The number of amides is 2. The van der Waals surface area contributed by atoms with Crippen LogP contribution >= 0.6 is 0 Å². The second kappa shape index (κ2) is 8.25. The SMILES string of the molecule is NNC(=O)C(=O)Nc1ccc(OC2CCC(C(=O)O)CC2)cc1[N+](=O)[O-]. The van der Waals surface area contributed by atoms with E-state index >= 15 is 0 Å². The second-order valence-corrected chi connectivity index (χ2v) is 5.79. The van der Waals surface area contributed by atoms with Crippen molar-refractivity contribution in [3.8, 4) is 5.75 Å². The summed E-state index contributed by atoms with van der Waals surface area (Å²) in [5.74, 6) is 1.54. The quantitative estimate of drug-likeness (QED) is 0.192. The summed E-state index contributed by atoms with van der Waals surface area (Å²) in [6.45, 7) is 0. The Hall–Kier alpha value is -3.21. The Kier molecular flexibility index (Phi) is 6.07. The number of nitro benzene ring substituents is 1. The molecule has 0 aromatic heterocycles. The maximum Gasteiger partial charge on any atom is 0.323 e. The van der Waals surface area contributed by atoms with E-state index in [-0.39, 0.29) is 17.5 Å². The van der Waals surface area contributed by atoms with Gasteiger partial charge in [0.1, 0.15) is 11.4 Å². The first-order valence-corrected chi connectivity index (χ1v) is 7.81. The fourth-order valence-corrected chi connectivity index (χ4v) is 2.71. The number of carbonyl (C=O) groups is 3. The van der Waals surface area contributed by atoms with E-state index in [2.05, 4.69) is 5.32 Å². The predicted octanol–water partition coefficient (Wildman–Crippen LogP) is 0.545. The summed E-state index contributed by atoms with van der Waals surface area (Å²) in [5, 5.41) is 22.3. The van der Waals surface area contributed by atoms with Gasteiger partial charge in [-0.15, -0.1) is 0 Å². The number of anilines is 1. The third kappa shape index (κ3) is 4.66. The van der Waals surface area contributed by atoms with Gasteiger partial charge in [0, 0.05) is 0 Å². The van der Waals surface area contributed by atoms with Crippen molar-refractivity contribution in [1.82, 2.24) is 5.43 Å². The van der Waals surface area contributed by atoms with Gasteiger partial charge in [-0.3, -0.25) is 29.9 Å². The molecular weight excluding hydrogens is 348 g/mol. The number of nitrogens with zero attached hydrogens (tertiary/aromatic N) is 1. The van der Waals surface area contributed by atoms with E-state index in [1.165, 1.54) is 12.1 Å². The number of hydrazine groups is 1. The monoisotopic (exact) mass is 366 g/mol. The lowest BCUT2D eigenvalue weighted by Gasteiger charge is -2.26. The molecule has 5 N–H and O–H groups in total. The number of hydrogen-bond acceptors (Lipinski definition) is 7. The fraction of sp³-hybridized carbons (Fsp3) is 0.400. The Labute approximate surface area is 147 Å². The van der Waals surface area contributed by atoms with Gasteiger partial charge in [-0.2, -0.15) is 0 Å². The third-order valence-electron chi connectivity index (χ3n) is 4.08. The van der Waals surface area contributed by atoms with Crippen LogP contribution in [-0.2, 0) is 14.4 Å². The lowest BCUT2D eigenvalue weighted by molar-refractivity contribution is -0.384. The molecule has 0 saturated heterocycles.